The lowest BCUT2D eigenvalue weighted by atomic mass is 10.0. The third-order valence-corrected chi connectivity index (χ3v) is 4.45. The Hall–Kier alpha value is -2.51. The molecule has 2 aliphatic heterocycles. The van der Waals surface area contributed by atoms with E-state index in [1.54, 1.807) is 24.0 Å². The van der Waals surface area contributed by atoms with Crippen molar-refractivity contribution in [2.45, 2.75) is 45.4 Å². The number of carbonyl (C=O) groups is 2. The van der Waals surface area contributed by atoms with Crippen LogP contribution in [0.3, 0.4) is 0 Å². The van der Waals surface area contributed by atoms with Crippen LogP contribution in [-0.2, 0) is 11.3 Å². The Morgan fingerprint density at radius 1 is 1.33 bits per heavy atom. The van der Waals surface area contributed by atoms with Gasteiger partial charge in [0.25, 0.3) is 5.88 Å². The smallest absolute Gasteiger partial charge is 0.318 e. The van der Waals surface area contributed by atoms with E-state index in [4.69, 9.17) is 9.47 Å². The average Bonchev–Trinajstić information content (AvgIpc) is 2.58. The van der Waals surface area contributed by atoms with Gasteiger partial charge >= 0.3 is 6.03 Å². The molecule has 0 bridgehead atoms. The molecule has 3 unspecified atom stereocenters. The summed E-state index contributed by atoms with van der Waals surface area (Å²) >= 11 is 0. The average molecular weight is 334 g/mol. The van der Waals surface area contributed by atoms with Crippen molar-refractivity contribution < 1.29 is 19.1 Å². The number of carbonyl (C=O) groups excluding carboxylic acids is 2. The number of hydrogen-bond acceptors (Lipinski definition) is 5. The first-order valence-corrected chi connectivity index (χ1v) is 8.09. The number of rotatable bonds is 2. The van der Waals surface area contributed by atoms with Gasteiger partial charge in [-0.05, 0) is 32.9 Å². The van der Waals surface area contributed by atoms with Crippen molar-refractivity contribution in [3.8, 4) is 11.6 Å². The molecule has 1 saturated heterocycles. The van der Waals surface area contributed by atoms with Gasteiger partial charge in [0.15, 0.2) is 5.75 Å². The van der Waals surface area contributed by atoms with Crippen LogP contribution >= 0.6 is 0 Å². The maximum absolute atomic E-state index is 12.5. The van der Waals surface area contributed by atoms with Crippen LogP contribution in [0.1, 0.15) is 26.5 Å². The molecule has 0 spiro atoms. The van der Waals surface area contributed by atoms with E-state index < -0.39 is 6.04 Å². The lowest BCUT2D eigenvalue weighted by Crippen LogP contribution is -2.65. The molecule has 0 radical (unpaired) electrons. The summed E-state index contributed by atoms with van der Waals surface area (Å²) in [4.78, 5) is 30.4. The van der Waals surface area contributed by atoms with Crippen LogP contribution in [0.25, 0.3) is 0 Å². The van der Waals surface area contributed by atoms with Crippen LogP contribution in [0.5, 0.6) is 11.6 Å². The molecule has 3 amide bonds. The summed E-state index contributed by atoms with van der Waals surface area (Å²) < 4.78 is 10.9. The van der Waals surface area contributed by atoms with E-state index in [0.717, 1.165) is 0 Å². The minimum absolute atomic E-state index is 0.0909. The first kappa shape index (κ1) is 16.4. The number of piperazine rings is 1. The summed E-state index contributed by atoms with van der Waals surface area (Å²) in [6, 6.07) is 2.59. The second kappa shape index (κ2) is 6.54. The van der Waals surface area contributed by atoms with Crippen LogP contribution in [-0.4, -0.2) is 53.2 Å². The number of ether oxygens (including phenoxy) is 2. The van der Waals surface area contributed by atoms with Gasteiger partial charge < -0.3 is 25.0 Å². The molecule has 8 nitrogen and oxygen atoms in total. The number of aromatic nitrogens is 1. The van der Waals surface area contributed by atoms with Crippen molar-refractivity contribution in [3.05, 3.63) is 17.8 Å². The molecule has 1 fully saturated rings. The first-order chi connectivity index (χ1) is 11.5. The minimum Gasteiger partial charge on any atom is -0.484 e. The molecule has 8 heteroatoms. The maximum atomic E-state index is 12.5. The molecule has 2 N–H and O–H groups in total. The van der Waals surface area contributed by atoms with E-state index in [1.807, 2.05) is 13.8 Å². The molecule has 2 aliphatic rings. The number of nitrogens with one attached hydrogen (secondary N) is 2. The van der Waals surface area contributed by atoms with E-state index in [9.17, 15) is 9.59 Å². The Labute approximate surface area is 140 Å². The maximum Gasteiger partial charge on any atom is 0.318 e. The van der Waals surface area contributed by atoms with E-state index in [-0.39, 0.29) is 30.6 Å². The molecular formula is C16H22N4O4. The fourth-order valence-electron chi connectivity index (χ4n) is 2.87. The van der Waals surface area contributed by atoms with E-state index in [0.29, 0.717) is 30.5 Å². The van der Waals surface area contributed by atoms with Crippen molar-refractivity contribution in [1.29, 1.82) is 0 Å². The zero-order valence-corrected chi connectivity index (χ0v) is 14.0. The van der Waals surface area contributed by atoms with Gasteiger partial charge in [0.05, 0.1) is 18.3 Å². The fraction of sp³-hybridized carbons (Fsp3) is 0.562. The highest BCUT2D eigenvalue weighted by molar-refractivity contribution is 5.88. The molecule has 3 atom stereocenters. The molecule has 24 heavy (non-hydrogen) atoms. The molecular weight excluding hydrogens is 312 g/mol. The van der Waals surface area contributed by atoms with Crippen molar-refractivity contribution in [2.24, 2.45) is 0 Å². The van der Waals surface area contributed by atoms with Crippen LogP contribution in [0.4, 0.5) is 4.79 Å². The Morgan fingerprint density at radius 2 is 2.08 bits per heavy atom. The van der Waals surface area contributed by atoms with Gasteiger partial charge in [-0.1, -0.05) is 0 Å². The van der Waals surface area contributed by atoms with Gasteiger partial charge in [-0.15, -0.1) is 0 Å². The number of urea groups is 1. The van der Waals surface area contributed by atoms with Gasteiger partial charge in [-0.2, -0.15) is 0 Å². The van der Waals surface area contributed by atoms with Gasteiger partial charge in [0.1, 0.15) is 19.3 Å². The van der Waals surface area contributed by atoms with Gasteiger partial charge in [0, 0.05) is 6.04 Å². The molecule has 1 aromatic rings. The lowest BCUT2D eigenvalue weighted by Gasteiger charge is -2.42. The number of fused-ring (bicyclic) bond motifs is 1. The second-order valence-electron chi connectivity index (χ2n) is 6.08. The van der Waals surface area contributed by atoms with E-state index in [1.165, 1.54) is 0 Å². The Balaban J connectivity index is 1.65. The SMILES string of the molecule is CC1NC(=O)C(C)N(C(=O)NCc2ccc3c(n2)OCCO3)C1C. The number of pyridine rings is 1. The lowest BCUT2D eigenvalue weighted by molar-refractivity contribution is -0.129. The summed E-state index contributed by atoms with van der Waals surface area (Å²) in [5.41, 5.74) is 0.669. The molecule has 130 valence electrons. The summed E-state index contributed by atoms with van der Waals surface area (Å²) in [6.45, 7) is 6.75. The summed E-state index contributed by atoms with van der Waals surface area (Å²) in [7, 11) is 0. The first-order valence-electron chi connectivity index (χ1n) is 8.09. The third kappa shape index (κ3) is 3.08. The molecule has 3 rings (SSSR count). The highest BCUT2D eigenvalue weighted by Crippen LogP contribution is 2.27. The molecule has 3 heterocycles. The van der Waals surface area contributed by atoms with Crippen LogP contribution < -0.4 is 20.1 Å². The third-order valence-electron chi connectivity index (χ3n) is 4.45. The van der Waals surface area contributed by atoms with Gasteiger partial charge in [0.2, 0.25) is 5.91 Å². The molecule has 0 aromatic carbocycles. The molecule has 0 saturated carbocycles. The Morgan fingerprint density at radius 3 is 2.88 bits per heavy atom. The van der Waals surface area contributed by atoms with Crippen LogP contribution in [0.2, 0.25) is 0 Å². The van der Waals surface area contributed by atoms with Crippen molar-refractivity contribution >= 4 is 11.9 Å². The zero-order valence-electron chi connectivity index (χ0n) is 14.0. The standard InChI is InChI=1S/C16H22N4O4/c1-9-10(2)20(11(3)14(21)18-9)16(22)17-8-12-4-5-13-15(19-12)24-7-6-23-13/h4-5,9-11H,6-8H2,1-3H3,(H,17,22)(H,18,21). The number of nitrogens with zero attached hydrogens (tertiary/aromatic N) is 2. The van der Waals surface area contributed by atoms with E-state index in [2.05, 4.69) is 15.6 Å². The fourth-order valence-corrected chi connectivity index (χ4v) is 2.87. The topological polar surface area (TPSA) is 92.8 Å². The van der Waals surface area contributed by atoms with Crippen LogP contribution in [0.15, 0.2) is 12.1 Å². The summed E-state index contributed by atoms with van der Waals surface area (Å²) in [5.74, 6) is 0.911. The van der Waals surface area contributed by atoms with Gasteiger partial charge in [-0.25, -0.2) is 9.78 Å². The highest BCUT2D eigenvalue weighted by atomic mass is 16.6. The predicted octanol–water partition coefficient (Wildman–Crippen LogP) is 0.660. The highest BCUT2D eigenvalue weighted by Gasteiger charge is 2.38. The van der Waals surface area contributed by atoms with E-state index >= 15 is 0 Å². The minimum atomic E-state index is -0.510. The monoisotopic (exact) mass is 334 g/mol. The zero-order chi connectivity index (χ0) is 17.3. The second-order valence-corrected chi connectivity index (χ2v) is 6.08. The van der Waals surface area contributed by atoms with Crippen LogP contribution in [0, 0.1) is 0 Å². The number of hydrogen-bond donors (Lipinski definition) is 2. The predicted molar refractivity (Wildman–Crippen MR) is 85.8 cm³/mol. The summed E-state index contributed by atoms with van der Waals surface area (Å²) in [6.07, 6.45) is 0. The van der Waals surface area contributed by atoms with Crippen molar-refractivity contribution in [1.82, 2.24) is 20.5 Å². The van der Waals surface area contributed by atoms with Gasteiger partial charge in [-0.3, -0.25) is 4.79 Å². The Bertz CT molecular complexity index is 651. The molecule has 1 aromatic heterocycles. The normalized spacial score (nSPS) is 25.9. The van der Waals surface area contributed by atoms with Crippen molar-refractivity contribution in [2.75, 3.05) is 13.2 Å². The van der Waals surface area contributed by atoms with Crippen molar-refractivity contribution in [3.63, 3.8) is 0 Å². The molecule has 0 aliphatic carbocycles. The number of amides is 3. The quantitative estimate of drug-likeness (QED) is 0.829. The Kier molecular flexibility index (Phi) is 4.46. The largest absolute Gasteiger partial charge is 0.484 e. The summed E-state index contributed by atoms with van der Waals surface area (Å²) in [5, 5.41) is 5.69.